The second-order valence-corrected chi connectivity index (χ2v) is 8.52. The van der Waals surface area contributed by atoms with Gasteiger partial charge < -0.3 is 10.2 Å². The smallest absolute Gasteiger partial charge is 0.351 e. The Bertz CT molecular complexity index is 963. The number of benzene rings is 2. The Morgan fingerprint density at radius 2 is 1.72 bits per heavy atom. The molecule has 2 aliphatic rings. The second-order valence-electron chi connectivity index (χ2n) is 8.52. The molecule has 170 valence electrons. The van der Waals surface area contributed by atoms with Crippen LogP contribution >= 0.6 is 0 Å². The van der Waals surface area contributed by atoms with Crippen molar-refractivity contribution in [2.45, 2.75) is 38.5 Å². The largest absolute Gasteiger partial charge is 0.404 e. The summed E-state index contributed by atoms with van der Waals surface area (Å²) in [5.74, 6) is -0.918. The quantitative estimate of drug-likeness (QED) is 0.734. The Kier molecular flexibility index (Phi) is 6.24. The van der Waals surface area contributed by atoms with Crippen LogP contribution in [-0.2, 0) is 22.7 Å². The molecule has 2 fully saturated rings. The van der Waals surface area contributed by atoms with E-state index in [-0.39, 0.29) is 32.0 Å². The molecule has 4 rings (SSSR count). The summed E-state index contributed by atoms with van der Waals surface area (Å²) in [5.41, 5.74) is -0.0432. The maximum absolute atomic E-state index is 14.0. The topological polar surface area (TPSA) is 52.7 Å². The van der Waals surface area contributed by atoms with Gasteiger partial charge in [0.1, 0.15) is 0 Å². The Labute approximate surface area is 185 Å². The Hall–Kier alpha value is -2.87. The fourth-order valence-electron chi connectivity index (χ4n) is 4.48. The third kappa shape index (κ3) is 4.50. The molecule has 8 heteroatoms. The summed E-state index contributed by atoms with van der Waals surface area (Å²) in [6.07, 6.45) is -3.55. The number of carbonyl (C=O) groups is 2. The summed E-state index contributed by atoms with van der Waals surface area (Å²) in [6, 6.07) is 16.3. The predicted octanol–water partition coefficient (Wildman–Crippen LogP) is 3.88. The molecule has 1 N–H and O–H groups in total. The highest BCUT2D eigenvalue weighted by Crippen LogP contribution is 2.46. The SMILES string of the molecule is O=C1CCCN1c1ccc(CNC(=O)C2(C(F)(F)F)CCN(Cc3ccccc3)C2)cc1. The lowest BCUT2D eigenvalue weighted by molar-refractivity contribution is -0.218. The number of nitrogens with zero attached hydrogens (tertiary/aromatic N) is 2. The molecule has 0 aromatic heterocycles. The molecule has 1 unspecified atom stereocenters. The molecule has 0 bridgehead atoms. The van der Waals surface area contributed by atoms with Gasteiger partial charge in [-0.25, -0.2) is 0 Å². The summed E-state index contributed by atoms with van der Waals surface area (Å²) in [7, 11) is 0. The van der Waals surface area contributed by atoms with Gasteiger partial charge in [0.2, 0.25) is 11.8 Å². The molecule has 2 saturated heterocycles. The van der Waals surface area contributed by atoms with Crippen molar-refractivity contribution in [1.82, 2.24) is 10.2 Å². The average Bonchev–Trinajstić information content (AvgIpc) is 3.40. The van der Waals surface area contributed by atoms with Gasteiger partial charge in [0.05, 0.1) is 0 Å². The van der Waals surface area contributed by atoms with Gasteiger partial charge in [0, 0.05) is 38.3 Å². The van der Waals surface area contributed by atoms with Gasteiger partial charge in [-0.2, -0.15) is 13.2 Å². The maximum Gasteiger partial charge on any atom is 0.404 e. The first-order valence-corrected chi connectivity index (χ1v) is 10.8. The van der Waals surface area contributed by atoms with Crippen LogP contribution in [0.1, 0.15) is 30.4 Å². The Morgan fingerprint density at radius 3 is 2.34 bits per heavy atom. The lowest BCUT2D eigenvalue weighted by atomic mass is 9.85. The third-order valence-corrected chi connectivity index (χ3v) is 6.35. The second kappa shape index (κ2) is 8.94. The number of hydrogen-bond acceptors (Lipinski definition) is 3. The lowest BCUT2D eigenvalue weighted by Crippen LogP contribution is -2.52. The van der Waals surface area contributed by atoms with Gasteiger partial charge >= 0.3 is 6.18 Å². The van der Waals surface area contributed by atoms with Crippen LogP contribution in [-0.4, -0.2) is 42.5 Å². The standard InChI is InChI=1S/C24H26F3N3O2/c25-24(26,27)23(12-14-29(17-23)16-19-5-2-1-3-6-19)22(32)28-15-18-8-10-20(11-9-18)30-13-4-7-21(30)31/h1-3,5-6,8-11H,4,7,12-17H2,(H,28,32). The monoisotopic (exact) mass is 445 g/mol. The molecule has 0 aliphatic carbocycles. The van der Waals surface area contributed by atoms with Crippen LogP contribution in [0.4, 0.5) is 18.9 Å². The van der Waals surface area contributed by atoms with Crippen molar-refractivity contribution in [3.8, 4) is 0 Å². The van der Waals surface area contributed by atoms with Crippen LogP contribution < -0.4 is 10.2 Å². The number of halogens is 3. The summed E-state index contributed by atoms with van der Waals surface area (Å²) >= 11 is 0. The minimum atomic E-state index is -4.64. The van der Waals surface area contributed by atoms with Crippen molar-refractivity contribution in [2.75, 3.05) is 24.5 Å². The maximum atomic E-state index is 14.0. The molecule has 2 aromatic carbocycles. The normalized spacial score (nSPS) is 21.8. The number of likely N-dealkylation sites (tertiary alicyclic amines) is 1. The zero-order valence-corrected chi connectivity index (χ0v) is 17.7. The van der Waals surface area contributed by atoms with E-state index in [0.717, 1.165) is 17.7 Å². The zero-order valence-electron chi connectivity index (χ0n) is 17.7. The highest BCUT2D eigenvalue weighted by Gasteiger charge is 2.62. The molecular weight excluding hydrogens is 419 g/mol. The van der Waals surface area contributed by atoms with Crippen LogP contribution in [0.15, 0.2) is 54.6 Å². The van der Waals surface area contributed by atoms with Crippen LogP contribution in [0.5, 0.6) is 0 Å². The Balaban J connectivity index is 1.40. The first-order chi connectivity index (χ1) is 15.3. The van der Waals surface area contributed by atoms with Gasteiger partial charge in [-0.3, -0.25) is 14.5 Å². The summed E-state index contributed by atoms with van der Waals surface area (Å²) in [5, 5.41) is 2.50. The minimum Gasteiger partial charge on any atom is -0.351 e. The van der Waals surface area contributed by atoms with Crippen molar-refractivity contribution in [3.63, 3.8) is 0 Å². The van der Waals surface area contributed by atoms with Gasteiger partial charge in [0.15, 0.2) is 5.41 Å². The number of hydrogen-bond donors (Lipinski definition) is 1. The van der Waals surface area contributed by atoms with Crippen LogP contribution in [0, 0.1) is 5.41 Å². The first-order valence-electron chi connectivity index (χ1n) is 10.8. The third-order valence-electron chi connectivity index (χ3n) is 6.35. The van der Waals surface area contributed by atoms with Crippen LogP contribution in [0.2, 0.25) is 0 Å². The van der Waals surface area contributed by atoms with E-state index < -0.39 is 17.5 Å². The van der Waals surface area contributed by atoms with Gasteiger partial charge in [-0.15, -0.1) is 0 Å². The van der Waals surface area contributed by atoms with E-state index in [4.69, 9.17) is 0 Å². The van der Waals surface area contributed by atoms with E-state index in [1.54, 1.807) is 34.1 Å². The van der Waals surface area contributed by atoms with Crippen molar-refractivity contribution in [2.24, 2.45) is 5.41 Å². The van der Waals surface area contributed by atoms with Crippen molar-refractivity contribution < 1.29 is 22.8 Å². The summed E-state index contributed by atoms with van der Waals surface area (Å²) < 4.78 is 42.1. The Morgan fingerprint density at radius 1 is 1.00 bits per heavy atom. The van der Waals surface area contributed by atoms with E-state index in [9.17, 15) is 22.8 Å². The number of alkyl halides is 3. The van der Waals surface area contributed by atoms with Gasteiger partial charge in [-0.05, 0) is 42.6 Å². The lowest BCUT2D eigenvalue weighted by Gasteiger charge is -2.30. The number of carbonyl (C=O) groups excluding carboxylic acids is 2. The van der Waals surface area contributed by atoms with E-state index in [2.05, 4.69) is 5.32 Å². The van der Waals surface area contributed by atoms with Crippen molar-refractivity contribution >= 4 is 17.5 Å². The van der Waals surface area contributed by atoms with E-state index in [1.165, 1.54) is 0 Å². The number of anilines is 1. The van der Waals surface area contributed by atoms with Crippen LogP contribution in [0.3, 0.4) is 0 Å². The molecule has 2 aromatic rings. The fourth-order valence-corrected chi connectivity index (χ4v) is 4.48. The van der Waals surface area contributed by atoms with Gasteiger partial charge in [-0.1, -0.05) is 42.5 Å². The van der Waals surface area contributed by atoms with Crippen molar-refractivity contribution in [3.05, 3.63) is 65.7 Å². The molecule has 2 amide bonds. The van der Waals surface area contributed by atoms with Crippen molar-refractivity contribution in [1.29, 1.82) is 0 Å². The molecule has 0 spiro atoms. The summed E-state index contributed by atoms with van der Waals surface area (Å²) in [4.78, 5) is 28.0. The first kappa shape index (κ1) is 22.3. The average molecular weight is 445 g/mol. The van der Waals surface area contributed by atoms with Crippen LogP contribution in [0.25, 0.3) is 0 Å². The molecule has 2 aliphatic heterocycles. The van der Waals surface area contributed by atoms with E-state index >= 15 is 0 Å². The number of amides is 2. The molecule has 0 radical (unpaired) electrons. The number of rotatable bonds is 6. The van der Waals surface area contributed by atoms with Gasteiger partial charge in [0.25, 0.3) is 0 Å². The summed E-state index contributed by atoms with van der Waals surface area (Å²) in [6.45, 7) is 0.905. The molecule has 1 atom stereocenters. The molecular formula is C24H26F3N3O2. The molecule has 2 heterocycles. The molecule has 0 saturated carbocycles. The zero-order chi connectivity index (χ0) is 22.8. The highest BCUT2D eigenvalue weighted by atomic mass is 19.4. The highest BCUT2D eigenvalue weighted by molar-refractivity contribution is 5.95. The van der Waals surface area contributed by atoms with E-state index in [0.29, 0.717) is 25.1 Å². The molecule has 5 nitrogen and oxygen atoms in total. The molecule has 32 heavy (non-hydrogen) atoms. The number of nitrogens with one attached hydrogen (secondary N) is 1. The minimum absolute atomic E-state index is 0.00355. The van der Waals surface area contributed by atoms with E-state index in [1.807, 2.05) is 30.3 Å². The fraction of sp³-hybridized carbons (Fsp3) is 0.417. The predicted molar refractivity (Wildman–Crippen MR) is 115 cm³/mol.